The second-order valence-electron chi connectivity index (χ2n) is 7.83. The van der Waals surface area contributed by atoms with Crippen LogP contribution in [0, 0.1) is 5.92 Å². The SMILES string of the molecule is CC(C)CC(CN(C)C)NC(=O)c1cccc(CS(=O)(=O)c2ccccc2)c1. The standard InChI is InChI=1S/C22H30N2O3S/c1-17(2)13-20(15-24(3)4)23-22(25)19-10-8-9-18(14-19)16-28(26,27)21-11-6-5-7-12-21/h5-12,14,17,20H,13,15-16H2,1-4H3,(H,23,25). The molecular weight excluding hydrogens is 372 g/mol. The van der Waals surface area contributed by atoms with E-state index in [1.165, 1.54) is 0 Å². The molecule has 0 heterocycles. The highest BCUT2D eigenvalue weighted by molar-refractivity contribution is 7.90. The zero-order valence-electron chi connectivity index (χ0n) is 17.1. The van der Waals surface area contributed by atoms with Crippen LogP contribution < -0.4 is 5.32 Å². The highest BCUT2D eigenvalue weighted by atomic mass is 32.2. The molecule has 1 N–H and O–H groups in total. The second kappa shape index (κ2) is 9.85. The Kier molecular flexibility index (Phi) is 7.78. The van der Waals surface area contributed by atoms with Crippen LogP contribution in [0.1, 0.15) is 36.2 Å². The first kappa shape index (κ1) is 22.1. The van der Waals surface area contributed by atoms with E-state index < -0.39 is 9.84 Å². The average molecular weight is 403 g/mol. The molecule has 2 aromatic carbocycles. The van der Waals surface area contributed by atoms with Crippen molar-refractivity contribution in [3.63, 3.8) is 0 Å². The number of amides is 1. The van der Waals surface area contributed by atoms with E-state index >= 15 is 0 Å². The Morgan fingerprint density at radius 2 is 1.71 bits per heavy atom. The number of nitrogens with zero attached hydrogens (tertiary/aromatic N) is 1. The molecule has 152 valence electrons. The fourth-order valence-corrected chi connectivity index (χ4v) is 4.55. The Morgan fingerprint density at radius 3 is 2.32 bits per heavy atom. The smallest absolute Gasteiger partial charge is 0.251 e. The van der Waals surface area contributed by atoms with E-state index in [4.69, 9.17) is 0 Å². The maximum absolute atomic E-state index is 12.7. The van der Waals surface area contributed by atoms with E-state index in [0.717, 1.165) is 13.0 Å². The Balaban J connectivity index is 2.14. The molecule has 0 bridgehead atoms. The zero-order chi connectivity index (χ0) is 20.7. The number of hydrogen-bond donors (Lipinski definition) is 1. The summed E-state index contributed by atoms with van der Waals surface area (Å²) < 4.78 is 25.2. The molecule has 0 saturated carbocycles. The van der Waals surface area contributed by atoms with Gasteiger partial charge in [0.1, 0.15) is 0 Å². The van der Waals surface area contributed by atoms with E-state index in [0.29, 0.717) is 17.0 Å². The second-order valence-corrected chi connectivity index (χ2v) is 9.82. The van der Waals surface area contributed by atoms with Gasteiger partial charge < -0.3 is 10.2 Å². The molecule has 28 heavy (non-hydrogen) atoms. The fraction of sp³-hybridized carbons (Fsp3) is 0.409. The summed E-state index contributed by atoms with van der Waals surface area (Å²) in [7, 11) is 0.512. The molecule has 0 aliphatic carbocycles. The fourth-order valence-electron chi connectivity index (χ4n) is 3.19. The number of hydrogen-bond acceptors (Lipinski definition) is 4. The molecule has 0 spiro atoms. The quantitative estimate of drug-likeness (QED) is 0.698. The third kappa shape index (κ3) is 6.77. The van der Waals surface area contributed by atoms with Gasteiger partial charge in [0.05, 0.1) is 10.6 Å². The maximum Gasteiger partial charge on any atom is 0.251 e. The third-order valence-electron chi connectivity index (χ3n) is 4.32. The number of carbonyl (C=O) groups is 1. The summed E-state index contributed by atoms with van der Waals surface area (Å²) in [6.07, 6.45) is 0.881. The lowest BCUT2D eigenvalue weighted by Gasteiger charge is -2.24. The van der Waals surface area contributed by atoms with Crippen molar-refractivity contribution in [1.29, 1.82) is 0 Å². The molecule has 0 radical (unpaired) electrons. The van der Waals surface area contributed by atoms with Crippen LogP contribution in [-0.4, -0.2) is 45.9 Å². The van der Waals surface area contributed by atoms with Crippen molar-refractivity contribution in [2.75, 3.05) is 20.6 Å². The van der Waals surface area contributed by atoms with Crippen LogP contribution >= 0.6 is 0 Å². The number of benzene rings is 2. The Hall–Kier alpha value is -2.18. The molecule has 6 heteroatoms. The minimum absolute atomic E-state index is 0.0409. The van der Waals surface area contributed by atoms with Crippen LogP contribution in [0.4, 0.5) is 0 Å². The van der Waals surface area contributed by atoms with Gasteiger partial charge in [-0.05, 0) is 56.3 Å². The summed E-state index contributed by atoms with van der Waals surface area (Å²) in [6.45, 7) is 5.01. The van der Waals surface area contributed by atoms with Gasteiger partial charge >= 0.3 is 0 Å². The minimum atomic E-state index is -3.45. The van der Waals surface area contributed by atoms with E-state index in [1.54, 1.807) is 54.6 Å². The number of sulfone groups is 1. The van der Waals surface area contributed by atoms with Crippen LogP contribution in [-0.2, 0) is 15.6 Å². The normalized spacial score (nSPS) is 12.9. The predicted octanol–water partition coefficient (Wildman–Crippen LogP) is 3.37. The first-order valence-electron chi connectivity index (χ1n) is 9.49. The first-order valence-corrected chi connectivity index (χ1v) is 11.1. The van der Waals surface area contributed by atoms with Gasteiger partial charge in [0.15, 0.2) is 9.84 Å². The molecule has 1 amide bonds. The van der Waals surface area contributed by atoms with Crippen molar-refractivity contribution in [3.05, 3.63) is 65.7 Å². The van der Waals surface area contributed by atoms with E-state index in [9.17, 15) is 13.2 Å². The summed E-state index contributed by atoms with van der Waals surface area (Å²) in [6, 6.07) is 15.3. The lowest BCUT2D eigenvalue weighted by Crippen LogP contribution is -2.42. The molecule has 1 unspecified atom stereocenters. The molecular formula is C22H30N2O3S. The largest absolute Gasteiger partial charge is 0.348 e. The zero-order valence-corrected chi connectivity index (χ0v) is 17.9. The number of carbonyl (C=O) groups excluding carboxylic acids is 1. The van der Waals surface area contributed by atoms with Gasteiger partial charge in [-0.1, -0.05) is 44.2 Å². The number of likely N-dealkylation sites (N-methyl/N-ethyl adjacent to an activating group) is 1. The van der Waals surface area contributed by atoms with Crippen LogP contribution in [0.5, 0.6) is 0 Å². The molecule has 0 aliphatic rings. The minimum Gasteiger partial charge on any atom is -0.348 e. The Labute approximate surface area is 168 Å². The molecule has 0 saturated heterocycles. The molecule has 0 fully saturated rings. The number of nitrogens with one attached hydrogen (secondary N) is 1. The average Bonchev–Trinajstić information content (AvgIpc) is 2.61. The Bertz CT molecular complexity index is 868. The van der Waals surface area contributed by atoms with Crippen molar-refractivity contribution < 1.29 is 13.2 Å². The van der Waals surface area contributed by atoms with Gasteiger partial charge in [0.25, 0.3) is 5.91 Å². The van der Waals surface area contributed by atoms with Crippen LogP contribution in [0.15, 0.2) is 59.5 Å². The van der Waals surface area contributed by atoms with Gasteiger partial charge in [-0.15, -0.1) is 0 Å². The maximum atomic E-state index is 12.7. The van der Waals surface area contributed by atoms with Crippen LogP contribution in [0.3, 0.4) is 0 Å². The van der Waals surface area contributed by atoms with E-state index in [2.05, 4.69) is 24.1 Å². The van der Waals surface area contributed by atoms with Crippen molar-refractivity contribution in [3.8, 4) is 0 Å². The third-order valence-corrected chi connectivity index (χ3v) is 6.03. The molecule has 2 rings (SSSR count). The summed E-state index contributed by atoms with van der Waals surface area (Å²) in [5.74, 6) is 0.157. The van der Waals surface area contributed by atoms with E-state index in [1.807, 2.05) is 14.1 Å². The van der Waals surface area contributed by atoms with Crippen LogP contribution in [0.25, 0.3) is 0 Å². The molecule has 5 nitrogen and oxygen atoms in total. The van der Waals surface area contributed by atoms with Crippen molar-refractivity contribution in [2.24, 2.45) is 5.92 Å². The lowest BCUT2D eigenvalue weighted by atomic mass is 10.0. The molecule has 0 aromatic heterocycles. The summed E-state index contributed by atoms with van der Waals surface area (Å²) >= 11 is 0. The van der Waals surface area contributed by atoms with Crippen molar-refractivity contribution >= 4 is 15.7 Å². The summed E-state index contributed by atoms with van der Waals surface area (Å²) in [4.78, 5) is 15.1. The van der Waals surface area contributed by atoms with Gasteiger partial charge in [-0.25, -0.2) is 8.42 Å². The number of rotatable bonds is 9. The van der Waals surface area contributed by atoms with Gasteiger partial charge in [0, 0.05) is 18.2 Å². The Morgan fingerprint density at radius 1 is 1.04 bits per heavy atom. The summed E-state index contributed by atoms with van der Waals surface area (Å²) in [5, 5.41) is 3.09. The van der Waals surface area contributed by atoms with E-state index in [-0.39, 0.29) is 22.6 Å². The molecule has 1 atom stereocenters. The highest BCUT2D eigenvalue weighted by Gasteiger charge is 2.18. The van der Waals surface area contributed by atoms with Crippen molar-refractivity contribution in [2.45, 2.75) is 37.0 Å². The lowest BCUT2D eigenvalue weighted by molar-refractivity contribution is 0.0924. The van der Waals surface area contributed by atoms with Gasteiger partial charge in [-0.2, -0.15) is 0 Å². The molecule has 0 aliphatic heterocycles. The molecule has 2 aromatic rings. The monoisotopic (exact) mass is 402 g/mol. The summed E-state index contributed by atoms with van der Waals surface area (Å²) in [5.41, 5.74) is 1.08. The van der Waals surface area contributed by atoms with Crippen molar-refractivity contribution in [1.82, 2.24) is 10.2 Å². The van der Waals surface area contributed by atoms with Crippen LogP contribution in [0.2, 0.25) is 0 Å². The highest BCUT2D eigenvalue weighted by Crippen LogP contribution is 2.17. The predicted molar refractivity (Wildman–Crippen MR) is 113 cm³/mol. The topological polar surface area (TPSA) is 66.5 Å². The van der Waals surface area contributed by atoms with Gasteiger partial charge in [-0.3, -0.25) is 4.79 Å². The first-order chi connectivity index (χ1) is 13.2. The van der Waals surface area contributed by atoms with Gasteiger partial charge in [0.2, 0.25) is 0 Å².